The van der Waals surface area contributed by atoms with Crippen molar-refractivity contribution in [1.82, 2.24) is 0 Å². The van der Waals surface area contributed by atoms with E-state index in [4.69, 9.17) is 0 Å². The zero-order chi connectivity index (χ0) is 18.7. The third kappa shape index (κ3) is 2.50. The fourth-order valence-corrected chi connectivity index (χ4v) is 8.01. The van der Waals surface area contributed by atoms with Gasteiger partial charge in [0.2, 0.25) is 0 Å². The number of fused-ring (bicyclic) bond motifs is 5. The molecule has 3 fully saturated rings. The normalized spacial score (nSPS) is 51.7. The molecular formula is C24H38O2. The highest BCUT2D eigenvalue weighted by molar-refractivity contribution is 5.53. The lowest BCUT2D eigenvalue weighted by atomic mass is 9.46. The number of hydrogen-bond acceptors (Lipinski definition) is 2. The van der Waals surface area contributed by atoms with Crippen molar-refractivity contribution in [2.45, 2.75) is 91.1 Å². The number of hydrogen-bond donors (Lipinski definition) is 1. The average Bonchev–Trinajstić information content (AvgIpc) is 2.99. The fourth-order valence-electron chi connectivity index (χ4n) is 8.01. The predicted octanol–water partition coefficient (Wildman–Crippen LogP) is 5.54. The number of aliphatic hydroxyl groups is 1. The number of rotatable bonds is 3. The number of carbonyl (C=O) groups excluding carboxylic acids is 1. The van der Waals surface area contributed by atoms with Gasteiger partial charge in [-0.3, -0.25) is 0 Å². The van der Waals surface area contributed by atoms with E-state index in [0.29, 0.717) is 16.7 Å². The molecule has 3 saturated carbocycles. The zero-order valence-corrected chi connectivity index (χ0v) is 17.3. The highest BCUT2D eigenvalue weighted by atomic mass is 16.3. The molecule has 0 heterocycles. The van der Waals surface area contributed by atoms with Gasteiger partial charge in [-0.2, -0.15) is 0 Å². The molecule has 1 unspecified atom stereocenters. The first-order chi connectivity index (χ1) is 12.3. The van der Waals surface area contributed by atoms with Gasteiger partial charge >= 0.3 is 0 Å². The summed E-state index contributed by atoms with van der Waals surface area (Å²) in [4.78, 5) is 11.5. The molecule has 4 rings (SSSR count). The first-order valence-corrected chi connectivity index (χ1v) is 11.1. The van der Waals surface area contributed by atoms with Crippen LogP contribution in [0.15, 0.2) is 11.6 Å². The molecule has 8 atom stereocenters. The summed E-state index contributed by atoms with van der Waals surface area (Å²) in [6.07, 6.45) is 14.0. The van der Waals surface area contributed by atoms with Crippen molar-refractivity contribution in [3.63, 3.8) is 0 Å². The van der Waals surface area contributed by atoms with Crippen molar-refractivity contribution < 1.29 is 9.90 Å². The molecular weight excluding hydrogens is 320 g/mol. The Morgan fingerprint density at radius 1 is 1.19 bits per heavy atom. The third-order valence-corrected chi connectivity index (χ3v) is 9.84. The van der Waals surface area contributed by atoms with Crippen molar-refractivity contribution in [1.29, 1.82) is 0 Å². The van der Waals surface area contributed by atoms with E-state index in [1.165, 1.54) is 38.4 Å². The Labute approximate surface area is 159 Å². The van der Waals surface area contributed by atoms with Crippen LogP contribution in [0.2, 0.25) is 0 Å². The van der Waals surface area contributed by atoms with Gasteiger partial charge in [0.1, 0.15) is 6.29 Å². The van der Waals surface area contributed by atoms with Crippen LogP contribution in [0.1, 0.15) is 85.5 Å². The maximum Gasteiger partial charge on any atom is 0.123 e. The molecule has 0 aromatic carbocycles. The van der Waals surface area contributed by atoms with E-state index in [1.54, 1.807) is 5.57 Å². The Hall–Kier alpha value is -0.630. The van der Waals surface area contributed by atoms with E-state index in [0.717, 1.165) is 43.4 Å². The van der Waals surface area contributed by atoms with Crippen LogP contribution in [-0.4, -0.2) is 17.0 Å². The van der Waals surface area contributed by atoms with E-state index >= 15 is 0 Å². The highest BCUT2D eigenvalue weighted by Gasteiger charge is 2.59. The Morgan fingerprint density at radius 3 is 2.65 bits per heavy atom. The summed E-state index contributed by atoms with van der Waals surface area (Å²) >= 11 is 0. The van der Waals surface area contributed by atoms with E-state index in [1.807, 2.05) is 0 Å². The lowest BCUT2D eigenvalue weighted by Crippen LogP contribution is -2.52. The minimum atomic E-state index is -0.459. The van der Waals surface area contributed by atoms with Crippen LogP contribution < -0.4 is 0 Å². The summed E-state index contributed by atoms with van der Waals surface area (Å²) in [5.41, 5.74) is 1.77. The van der Waals surface area contributed by atoms with Crippen molar-refractivity contribution in [2.75, 3.05) is 0 Å². The fraction of sp³-hybridized carbons (Fsp3) is 0.875. The molecule has 0 aromatic heterocycles. The van der Waals surface area contributed by atoms with Crippen LogP contribution >= 0.6 is 0 Å². The molecule has 2 nitrogen and oxygen atoms in total. The molecule has 0 spiro atoms. The van der Waals surface area contributed by atoms with E-state index in [2.05, 4.69) is 33.8 Å². The Balaban J connectivity index is 1.62. The molecule has 146 valence electrons. The molecule has 0 amide bonds. The van der Waals surface area contributed by atoms with Crippen LogP contribution in [-0.2, 0) is 4.79 Å². The maximum absolute atomic E-state index is 11.5. The van der Waals surface area contributed by atoms with Crippen molar-refractivity contribution in [2.24, 2.45) is 40.4 Å². The topological polar surface area (TPSA) is 37.3 Å². The Bertz CT molecular complexity index is 609. The van der Waals surface area contributed by atoms with Crippen molar-refractivity contribution in [3.8, 4) is 0 Å². The second-order valence-corrected chi connectivity index (χ2v) is 10.7. The van der Waals surface area contributed by atoms with Crippen molar-refractivity contribution >= 4 is 6.29 Å². The summed E-state index contributed by atoms with van der Waals surface area (Å²) in [6, 6.07) is 0. The lowest BCUT2D eigenvalue weighted by molar-refractivity contribution is -0.115. The van der Waals surface area contributed by atoms with Crippen LogP contribution in [0.5, 0.6) is 0 Å². The highest BCUT2D eigenvalue weighted by Crippen LogP contribution is 2.67. The van der Waals surface area contributed by atoms with Crippen LogP contribution in [0.25, 0.3) is 0 Å². The van der Waals surface area contributed by atoms with Crippen molar-refractivity contribution in [3.05, 3.63) is 11.6 Å². The largest absolute Gasteiger partial charge is 0.390 e. The molecule has 4 aliphatic rings. The molecule has 4 aliphatic carbocycles. The van der Waals surface area contributed by atoms with E-state index in [-0.39, 0.29) is 5.92 Å². The zero-order valence-electron chi connectivity index (χ0n) is 17.3. The molecule has 0 bridgehead atoms. The van der Waals surface area contributed by atoms with Gasteiger partial charge in [-0.15, -0.1) is 0 Å². The van der Waals surface area contributed by atoms with E-state index in [9.17, 15) is 9.90 Å². The first kappa shape index (κ1) is 18.7. The summed E-state index contributed by atoms with van der Waals surface area (Å²) in [7, 11) is 0. The van der Waals surface area contributed by atoms with E-state index < -0.39 is 5.60 Å². The maximum atomic E-state index is 11.5. The SMILES string of the molecule is CC[C@]1(O)CC[C@@]2(C)C(=CC[C@@H]3C2CC[C@]2(C)[C@@H]([C@H](C)C=O)CC[C@@H]32)C1. The minimum absolute atomic E-state index is 0.209. The number of carbonyl (C=O) groups is 1. The summed E-state index contributed by atoms with van der Waals surface area (Å²) < 4.78 is 0. The second kappa shape index (κ2) is 6.19. The Kier molecular flexibility index (Phi) is 4.46. The quantitative estimate of drug-likeness (QED) is 0.531. The van der Waals surface area contributed by atoms with Gasteiger partial charge in [-0.25, -0.2) is 0 Å². The molecule has 0 aromatic rings. The lowest BCUT2D eigenvalue weighted by Gasteiger charge is -2.59. The molecule has 1 N–H and O–H groups in total. The summed E-state index contributed by atoms with van der Waals surface area (Å²) in [5.74, 6) is 3.16. The summed E-state index contributed by atoms with van der Waals surface area (Å²) in [5, 5.41) is 10.9. The minimum Gasteiger partial charge on any atom is -0.390 e. The van der Waals surface area contributed by atoms with Crippen LogP contribution in [0, 0.1) is 40.4 Å². The standard InChI is InChI=1S/C24H38O2/c1-5-24(26)13-12-22(3)17(14-24)6-7-18-20-9-8-19(16(2)15-25)23(20,4)11-10-21(18)22/h6,15-16,18-21,26H,5,7-14H2,1-4H3/t16-,18+,19-,20+,21?,22+,23-,24+/m1/s1. The monoisotopic (exact) mass is 358 g/mol. The molecule has 2 heteroatoms. The molecule has 0 radical (unpaired) electrons. The third-order valence-electron chi connectivity index (χ3n) is 9.84. The van der Waals surface area contributed by atoms with Gasteiger partial charge in [0, 0.05) is 5.92 Å². The van der Waals surface area contributed by atoms with Crippen LogP contribution in [0.4, 0.5) is 0 Å². The van der Waals surface area contributed by atoms with Gasteiger partial charge in [0.25, 0.3) is 0 Å². The van der Waals surface area contributed by atoms with Gasteiger partial charge in [-0.05, 0) is 92.3 Å². The second-order valence-electron chi connectivity index (χ2n) is 10.7. The smallest absolute Gasteiger partial charge is 0.123 e. The molecule has 0 aliphatic heterocycles. The van der Waals surface area contributed by atoms with Gasteiger partial charge < -0.3 is 9.90 Å². The van der Waals surface area contributed by atoms with Crippen LogP contribution in [0.3, 0.4) is 0 Å². The molecule has 26 heavy (non-hydrogen) atoms. The number of aldehydes is 1. The average molecular weight is 359 g/mol. The summed E-state index contributed by atoms with van der Waals surface area (Å²) in [6.45, 7) is 9.29. The first-order valence-electron chi connectivity index (χ1n) is 11.1. The van der Waals surface area contributed by atoms with Gasteiger partial charge in [-0.1, -0.05) is 39.3 Å². The number of allylic oxidation sites excluding steroid dienone is 1. The van der Waals surface area contributed by atoms with Gasteiger partial charge in [0.15, 0.2) is 0 Å². The predicted molar refractivity (Wildman–Crippen MR) is 106 cm³/mol. The molecule has 0 saturated heterocycles. The van der Waals surface area contributed by atoms with Gasteiger partial charge in [0.05, 0.1) is 5.60 Å². The Morgan fingerprint density at radius 2 is 1.96 bits per heavy atom.